The van der Waals surface area contributed by atoms with Crippen LogP contribution in [0, 0.1) is 17.6 Å². The number of carbonyl (C=O) groups is 2. The lowest BCUT2D eigenvalue weighted by molar-refractivity contribution is -0.123. The van der Waals surface area contributed by atoms with E-state index in [0.29, 0.717) is 11.5 Å². The molecule has 0 heterocycles. The number of rotatable bonds is 6. The lowest BCUT2D eigenvalue weighted by Gasteiger charge is -2.14. The Balaban J connectivity index is 1.98. The van der Waals surface area contributed by atoms with Crippen LogP contribution in [0.3, 0.4) is 0 Å². The van der Waals surface area contributed by atoms with E-state index in [9.17, 15) is 18.4 Å². The van der Waals surface area contributed by atoms with Crippen molar-refractivity contribution < 1.29 is 23.1 Å². The van der Waals surface area contributed by atoms with E-state index in [4.69, 9.17) is 4.74 Å². The van der Waals surface area contributed by atoms with E-state index in [0.717, 1.165) is 24.1 Å². The minimum absolute atomic E-state index is 0.300. The Kier molecular flexibility index (Phi) is 6.44. The molecule has 1 N–H and O–H groups in total. The Bertz CT molecular complexity index is 768. The number of nitrogens with one attached hydrogen (secondary N) is 1. The van der Waals surface area contributed by atoms with Gasteiger partial charge in [0.1, 0.15) is 17.3 Å². The topological polar surface area (TPSA) is 55.4 Å². The molecule has 1 amide bonds. The van der Waals surface area contributed by atoms with Gasteiger partial charge in [-0.3, -0.25) is 4.79 Å². The van der Waals surface area contributed by atoms with Crippen molar-refractivity contribution in [3.8, 4) is 0 Å². The molecule has 0 saturated carbocycles. The molecule has 6 heteroatoms. The van der Waals surface area contributed by atoms with E-state index >= 15 is 0 Å². The zero-order chi connectivity index (χ0) is 19.3. The first-order valence-corrected chi connectivity index (χ1v) is 8.32. The number of esters is 1. The molecule has 0 radical (unpaired) electrons. The highest BCUT2D eigenvalue weighted by Crippen LogP contribution is 2.18. The van der Waals surface area contributed by atoms with Gasteiger partial charge in [0.25, 0.3) is 5.91 Å². The molecule has 26 heavy (non-hydrogen) atoms. The van der Waals surface area contributed by atoms with Crippen molar-refractivity contribution in [3.63, 3.8) is 0 Å². The lowest BCUT2D eigenvalue weighted by atomic mass is 10.0. The van der Waals surface area contributed by atoms with Crippen LogP contribution >= 0.6 is 0 Å². The predicted molar refractivity (Wildman–Crippen MR) is 94.8 cm³/mol. The Morgan fingerprint density at radius 2 is 1.58 bits per heavy atom. The predicted octanol–water partition coefficient (Wildman–Crippen LogP) is 4.35. The van der Waals surface area contributed by atoms with Crippen molar-refractivity contribution in [2.75, 3.05) is 5.32 Å². The number of amides is 1. The molecule has 138 valence electrons. The molecule has 0 spiro atoms. The fraction of sp³-hybridized carbons (Fsp3) is 0.300. The van der Waals surface area contributed by atoms with Crippen molar-refractivity contribution in [2.24, 2.45) is 5.92 Å². The first-order chi connectivity index (χ1) is 12.3. The molecule has 0 fully saturated rings. The number of hydrogen-bond acceptors (Lipinski definition) is 3. The highest BCUT2D eigenvalue weighted by Gasteiger charge is 2.21. The first kappa shape index (κ1) is 19.6. The highest BCUT2D eigenvalue weighted by molar-refractivity contribution is 5.97. The second-order valence-corrected chi connectivity index (χ2v) is 6.43. The molecule has 0 unspecified atom stereocenters. The summed E-state index contributed by atoms with van der Waals surface area (Å²) >= 11 is 0. The second kappa shape index (κ2) is 8.56. The van der Waals surface area contributed by atoms with Gasteiger partial charge >= 0.3 is 5.97 Å². The first-order valence-electron chi connectivity index (χ1n) is 8.32. The molecule has 4 nitrogen and oxygen atoms in total. The number of hydrogen-bond donors (Lipinski definition) is 1. The van der Waals surface area contributed by atoms with Crippen LogP contribution in [0.25, 0.3) is 0 Å². The Morgan fingerprint density at radius 1 is 1.00 bits per heavy atom. The second-order valence-electron chi connectivity index (χ2n) is 6.43. The summed E-state index contributed by atoms with van der Waals surface area (Å²) in [4.78, 5) is 24.2. The van der Waals surface area contributed by atoms with Crippen LogP contribution in [-0.4, -0.2) is 18.0 Å². The third-order valence-corrected chi connectivity index (χ3v) is 3.70. The van der Waals surface area contributed by atoms with E-state index < -0.39 is 35.3 Å². The van der Waals surface area contributed by atoms with Crippen LogP contribution in [0.4, 0.5) is 14.5 Å². The zero-order valence-electron chi connectivity index (χ0n) is 14.9. The maximum Gasteiger partial charge on any atom is 0.338 e. The molecule has 0 aliphatic rings. The summed E-state index contributed by atoms with van der Waals surface area (Å²) in [7, 11) is 0. The average molecular weight is 361 g/mol. The van der Waals surface area contributed by atoms with Gasteiger partial charge in [-0.05, 0) is 49.1 Å². The fourth-order valence-electron chi connectivity index (χ4n) is 2.37. The summed E-state index contributed by atoms with van der Waals surface area (Å²) in [6, 6.07) is 10.1. The maximum atomic E-state index is 13.6. The SMILES string of the molecule is CC(C)Cc1ccc(C(=O)O[C@H](C)C(=O)Nc2c(F)cccc2F)cc1. The summed E-state index contributed by atoms with van der Waals surface area (Å²) in [6.45, 7) is 5.53. The van der Waals surface area contributed by atoms with Crippen molar-refractivity contribution in [1.82, 2.24) is 0 Å². The van der Waals surface area contributed by atoms with Crippen LogP contribution < -0.4 is 5.32 Å². The summed E-state index contributed by atoms with van der Waals surface area (Å²) < 4.78 is 32.2. The third-order valence-electron chi connectivity index (χ3n) is 3.70. The van der Waals surface area contributed by atoms with Gasteiger partial charge in [-0.15, -0.1) is 0 Å². The Labute approximate surface area is 151 Å². The largest absolute Gasteiger partial charge is 0.449 e. The van der Waals surface area contributed by atoms with E-state index in [1.54, 1.807) is 12.1 Å². The Morgan fingerprint density at radius 3 is 2.12 bits per heavy atom. The van der Waals surface area contributed by atoms with E-state index in [1.165, 1.54) is 13.0 Å². The molecule has 1 atom stereocenters. The maximum absolute atomic E-state index is 13.6. The van der Waals surface area contributed by atoms with Crippen molar-refractivity contribution in [3.05, 3.63) is 65.2 Å². The van der Waals surface area contributed by atoms with Gasteiger partial charge in [0, 0.05) is 0 Å². The molecule has 2 aromatic rings. The normalized spacial score (nSPS) is 11.9. The fourth-order valence-corrected chi connectivity index (χ4v) is 2.37. The monoisotopic (exact) mass is 361 g/mol. The molecule has 0 bridgehead atoms. The van der Waals surface area contributed by atoms with Gasteiger partial charge in [-0.2, -0.15) is 0 Å². The van der Waals surface area contributed by atoms with Crippen LogP contribution in [0.2, 0.25) is 0 Å². The summed E-state index contributed by atoms with van der Waals surface area (Å²) in [5, 5.41) is 2.10. The lowest BCUT2D eigenvalue weighted by Crippen LogP contribution is -2.30. The molecular weight excluding hydrogens is 340 g/mol. The zero-order valence-corrected chi connectivity index (χ0v) is 14.9. The van der Waals surface area contributed by atoms with Crippen molar-refractivity contribution in [1.29, 1.82) is 0 Å². The average Bonchev–Trinajstić information content (AvgIpc) is 2.58. The summed E-state index contributed by atoms with van der Waals surface area (Å²) in [5.41, 5.74) is 0.824. The highest BCUT2D eigenvalue weighted by atomic mass is 19.1. The van der Waals surface area contributed by atoms with Gasteiger partial charge in [0.05, 0.1) is 5.56 Å². The van der Waals surface area contributed by atoms with Gasteiger partial charge in [-0.1, -0.05) is 32.0 Å². The molecule has 0 saturated heterocycles. The molecule has 0 aromatic heterocycles. The van der Waals surface area contributed by atoms with Crippen LogP contribution in [-0.2, 0) is 16.0 Å². The van der Waals surface area contributed by atoms with E-state index in [1.807, 2.05) is 12.1 Å². The van der Waals surface area contributed by atoms with Gasteiger partial charge < -0.3 is 10.1 Å². The smallest absolute Gasteiger partial charge is 0.338 e. The minimum atomic E-state index is -1.21. The van der Waals surface area contributed by atoms with Crippen molar-refractivity contribution in [2.45, 2.75) is 33.3 Å². The number of benzene rings is 2. The van der Waals surface area contributed by atoms with Gasteiger partial charge in [0.2, 0.25) is 0 Å². The van der Waals surface area contributed by atoms with E-state index in [-0.39, 0.29) is 0 Å². The third kappa shape index (κ3) is 5.12. The van der Waals surface area contributed by atoms with E-state index in [2.05, 4.69) is 19.2 Å². The number of halogens is 2. The Hall–Kier alpha value is -2.76. The van der Waals surface area contributed by atoms with Gasteiger partial charge in [0.15, 0.2) is 6.10 Å². The molecular formula is C20H21F2NO3. The van der Waals surface area contributed by atoms with Crippen LogP contribution in [0.5, 0.6) is 0 Å². The number of para-hydroxylation sites is 1. The number of anilines is 1. The number of ether oxygens (including phenoxy) is 1. The molecule has 2 rings (SSSR count). The quantitative estimate of drug-likeness (QED) is 0.779. The van der Waals surface area contributed by atoms with Gasteiger partial charge in [-0.25, -0.2) is 13.6 Å². The summed E-state index contributed by atoms with van der Waals surface area (Å²) in [6.07, 6.45) is -0.320. The van der Waals surface area contributed by atoms with Crippen LogP contribution in [0.15, 0.2) is 42.5 Å². The minimum Gasteiger partial charge on any atom is -0.449 e. The molecule has 0 aliphatic carbocycles. The summed E-state index contributed by atoms with van der Waals surface area (Å²) in [5.74, 6) is -2.82. The molecule has 2 aromatic carbocycles. The van der Waals surface area contributed by atoms with Crippen molar-refractivity contribution >= 4 is 17.6 Å². The molecule has 0 aliphatic heterocycles. The number of carbonyl (C=O) groups excluding carboxylic acids is 2. The standard InChI is InChI=1S/C20H21F2NO3/c1-12(2)11-14-7-9-15(10-8-14)20(25)26-13(3)19(24)23-18-16(21)5-4-6-17(18)22/h4-10,12-13H,11H2,1-3H3,(H,23,24)/t13-/m1/s1. The van der Waals surface area contributed by atoms with Crippen LogP contribution in [0.1, 0.15) is 36.7 Å².